The Morgan fingerprint density at radius 1 is 1.11 bits per heavy atom. The summed E-state index contributed by atoms with van der Waals surface area (Å²) in [6.45, 7) is 0. The van der Waals surface area contributed by atoms with Crippen LogP contribution >= 0.6 is 0 Å². The maximum Gasteiger partial charge on any atom is 0.165 e. The molecule has 2 aromatic rings. The average Bonchev–Trinajstić information content (AvgIpc) is 2.39. The van der Waals surface area contributed by atoms with E-state index in [0.717, 1.165) is 11.1 Å². The number of hydrogen-bond acceptors (Lipinski definition) is 3. The van der Waals surface area contributed by atoms with Crippen LogP contribution in [0.3, 0.4) is 0 Å². The van der Waals surface area contributed by atoms with Gasteiger partial charge in [0.2, 0.25) is 0 Å². The Morgan fingerprint density at radius 2 is 1.72 bits per heavy atom. The molecule has 3 nitrogen and oxygen atoms in total. The molecule has 0 aliphatic carbocycles. The number of carbonyl (C=O) groups excluding carboxylic acids is 1. The highest BCUT2D eigenvalue weighted by Crippen LogP contribution is 2.26. The van der Waals surface area contributed by atoms with E-state index in [-0.39, 0.29) is 11.3 Å². The summed E-state index contributed by atoms with van der Waals surface area (Å²) in [6.07, 6.45) is 0. The van der Waals surface area contributed by atoms with Crippen molar-refractivity contribution in [3.05, 3.63) is 53.8 Å². The van der Waals surface area contributed by atoms with E-state index in [1.807, 2.05) is 0 Å². The summed E-state index contributed by atoms with van der Waals surface area (Å²) in [5, 5.41) is 10.6. The first kappa shape index (κ1) is 12.1. The van der Waals surface area contributed by atoms with Crippen molar-refractivity contribution in [3.8, 4) is 16.9 Å². The fourth-order valence-electron chi connectivity index (χ4n) is 1.64. The van der Waals surface area contributed by atoms with Crippen molar-refractivity contribution < 1.29 is 19.0 Å². The number of carboxylic acids is 1. The van der Waals surface area contributed by atoms with Gasteiger partial charge in [0.15, 0.2) is 11.6 Å². The highest BCUT2D eigenvalue weighted by atomic mass is 19.1. The van der Waals surface area contributed by atoms with E-state index in [1.165, 1.54) is 25.3 Å². The number of methoxy groups -OCH3 is 1. The largest absolute Gasteiger partial charge is 0.545 e. The molecule has 0 saturated heterocycles. The van der Waals surface area contributed by atoms with Crippen LogP contribution in [0, 0.1) is 5.82 Å². The molecule has 18 heavy (non-hydrogen) atoms. The lowest BCUT2D eigenvalue weighted by Crippen LogP contribution is -2.21. The molecule has 2 aromatic carbocycles. The summed E-state index contributed by atoms with van der Waals surface area (Å²) in [4.78, 5) is 10.6. The van der Waals surface area contributed by atoms with Crippen molar-refractivity contribution in [2.24, 2.45) is 0 Å². The van der Waals surface area contributed by atoms with Crippen LogP contribution < -0.4 is 9.84 Å². The molecule has 0 atom stereocenters. The van der Waals surface area contributed by atoms with Crippen molar-refractivity contribution in [3.63, 3.8) is 0 Å². The molecule has 0 amide bonds. The van der Waals surface area contributed by atoms with Crippen LogP contribution in [0.5, 0.6) is 5.75 Å². The molecule has 0 bridgehead atoms. The first-order valence-electron chi connectivity index (χ1n) is 5.27. The lowest BCUT2D eigenvalue weighted by Gasteiger charge is -2.07. The van der Waals surface area contributed by atoms with Crippen molar-refractivity contribution in [1.29, 1.82) is 0 Å². The average molecular weight is 245 g/mol. The van der Waals surface area contributed by atoms with Crippen molar-refractivity contribution in [1.82, 2.24) is 0 Å². The molecular formula is C14H10FO3-. The standard InChI is InChI=1S/C14H11FO3/c1-18-13-8-11(6-7-12(13)15)9-2-4-10(5-3-9)14(16)17/h2-8H,1H3,(H,16,17)/p-1. The maximum atomic E-state index is 13.2. The van der Waals surface area contributed by atoms with Crippen LogP contribution in [0.25, 0.3) is 11.1 Å². The fraction of sp³-hybridized carbons (Fsp3) is 0.0714. The van der Waals surface area contributed by atoms with Crippen molar-refractivity contribution >= 4 is 5.97 Å². The minimum absolute atomic E-state index is 0.104. The smallest absolute Gasteiger partial charge is 0.165 e. The molecule has 4 heteroatoms. The zero-order chi connectivity index (χ0) is 13.1. The quantitative estimate of drug-likeness (QED) is 0.829. The predicted molar refractivity (Wildman–Crippen MR) is 62.7 cm³/mol. The summed E-state index contributed by atoms with van der Waals surface area (Å²) in [5.41, 5.74) is 1.63. The molecular weight excluding hydrogens is 235 g/mol. The van der Waals surface area contributed by atoms with Gasteiger partial charge in [0.05, 0.1) is 13.1 Å². The molecule has 0 aliphatic rings. The summed E-state index contributed by atoms with van der Waals surface area (Å²) in [7, 11) is 1.39. The topological polar surface area (TPSA) is 49.4 Å². The van der Waals surface area contributed by atoms with Gasteiger partial charge in [0.1, 0.15) is 0 Å². The van der Waals surface area contributed by atoms with E-state index in [2.05, 4.69) is 0 Å². The second kappa shape index (κ2) is 4.87. The van der Waals surface area contributed by atoms with Gasteiger partial charge in [-0.2, -0.15) is 0 Å². The monoisotopic (exact) mass is 245 g/mol. The van der Waals surface area contributed by atoms with Crippen LogP contribution in [-0.4, -0.2) is 13.1 Å². The molecule has 2 rings (SSSR count). The Labute approximate surface area is 103 Å². The SMILES string of the molecule is COc1cc(-c2ccc(C(=O)[O-])cc2)ccc1F. The first-order valence-corrected chi connectivity index (χ1v) is 5.27. The molecule has 0 saturated carbocycles. The lowest BCUT2D eigenvalue weighted by molar-refractivity contribution is -0.255. The van der Waals surface area contributed by atoms with Gasteiger partial charge in [-0.15, -0.1) is 0 Å². The lowest BCUT2D eigenvalue weighted by atomic mass is 10.0. The highest BCUT2D eigenvalue weighted by Gasteiger charge is 2.05. The van der Waals surface area contributed by atoms with E-state index in [4.69, 9.17) is 4.74 Å². The summed E-state index contributed by atoms with van der Waals surface area (Å²) in [5.74, 6) is -1.51. The van der Waals surface area contributed by atoms with Crippen LogP contribution in [0.15, 0.2) is 42.5 Å². The number of hydrogen-bond donors (Lipinski definition) is 0. The van der Waals surface area contributed by atoms with Gasteiger partial charge < -0.3 is 14.6 Å². The van der Waals surface area contributed by atoms with E-state index >= 15 is 0 Å². The normalized spacial score (nSPS) is 10.1. The third-order valence-corrected chi connectivity index (χ3v) is 2.61. The number of benzene rings is 2. The van der Waals surface area contributed by atoms with E-state index < -0.39 is 11.8 Å². The van der Waals surface area contributed by atoms with Crippen LogP contribution in [0.1, 0.15) is 10.4 Å². The molecule has 0 heterocycles. The molecule has 0 fully saturated rings. The summed E-state index contributed by atoms with van der Waals surface area (Å²) in [6, 6.07) is 10.6. The molecule has 0 aliphatic heterocycles. The third kappa shape index (κ3) is 2.32. The first-order chi connectivity index (χ1) is 8.61. The summed E-state index contributed by atoms with van der Waals surface area (Å²) < 4.78 is 18.1. The van der Waals surface area contributed by atoms with E-state index in [9.17, 15) is 14.3 Å². The van der Waals surface area contributed by atoms with Gasteiger partial charge in [-0.1, -0.05) is 30.3 Å². The maximum absolute atomic E-state index is 13.2. The molecule has 0 unspecified atom stereocenters. The molecule has 0 N–H and O–H groups in total. The number of carboxylic acid groups (broad SMARTS) is 1. The Morgan fingerprint density at radius 3 is 2.28 bits per heavy atom. The number of rotatable bonds is 3. The van der Waals surface area contributed by atoms with Gasteiger partial charge in [-0.25, -0.2) is 4.39 Å². The zero-order valence-corrected chi connectivity index (χ0v) is 9.64. The van der Waals surface area contributed by atoms with Crippen LogP contribution in [0.2, 0.25) is 0 Å². The number of carbonyl (C=O) groups is 1. The summed E-state index contributed by atoms with van der Waals surface area (Å²) >= 11 is 0. The van der Waals surface area contributed by atoms with Crippen LogP contribution in [0.4, 0.5) is 4.39 Å². The van der Waals surface area contributed by atoms with Gasteiger partial charge in [-0.3, -0.25) is 0 Å². The molecule has 0 radical (unpaired) electrons. The van der Waals surface area contributed by atoms with E-state index in [1.54, 1.807) is 24.3 Å². The van der Waals surface area contributed by atoms with Crippen molar-refractivity contribution in [2.75, 3.05) is 7.11 Å². The Bertz CT molecular complexity index is 576. The predicted octanol–water partition coefficient (Wildman–Crippen LogP) is 1.86. The Balaban J connectivity index is 2.39. The molecule has 0 aromatic heterocycles. The van der Waals surface area contributed by atoms with Gasteiger partial charge in [0.25, 0.3) is 0 Å². The zero-order valence-electron chi connectivity index (χ0n) is 9.64. The fourth-order valence-corrected chi connectivity index (χ4v) is 1.64. The molecule has 92 valence electrons. The van der Waals surface area contributed by atoms with E-state index in [0.29, 0.717) is 0 Å². The Kier molecular flexibility index (Phi) is 3.28. The van der Waals surface area contributed by atoms with Gasteiger partial charge in [0, 0.05) is 0 Å². The number of halogens is 1. The number of ether oxygens (including phenoxy) is 1. The second-order valence-electron chi connectivity index (χ2n) is 3.71. The highest BCUT2D eigenvalue weighted by molar-refractivity contribution is 5.86. The van der Waals surface area contributed by atoms with Crippen molar-refractivity contribution in [2.45, 2.75) is 0 Å². The third-order valence-electron chi connectivity index (χ3n) is 2.61. The molecule has 0 spiro atoms. The second-order valence-corrected chi connectivity index (χ2v) is 3.71. The minimum atomic E-state index is -1.22. The van der Waals surface area contributed by atoms with Gasteiger partial charge in [-0.05, 0) is 28.8 Å². The van der Waals surface area contributed by atoms with Gasteiger partial charge >= 0.3 is 0 Å². The minimum Gasteiger partial charge on any atom is -0.545 e. The van der Waals surface area contributed by atoms with Crippen LogP contribution in [-0.2, 0) is 0 Å². The Hall–Kier alpha value is -2.36. The number of aromatic carboxylic acids is 1.